The minimum atomic E-state index is -1.72. The van der Waals surface area contributed by atoms with Gasteiger partial charge in [0.25, 0.3) is 5.91 Å². The number of carbonyl (C=O) groups excluding carboxylic acids is 2. The van der Waals surface area contributed by atoms with Crippen LogP contribution in [0, 0.1) is 18.6 Å². The maximum absolute atomic E-state index is 13.3. The van der Waals surface area contributed by atoms with Crippen LogP contribution in [0.15, 0.2) is 54.9 Å². The van der Waals surface area contributed by atoms with Crippen LogP contribution in [0.25, 0.3) is 11.1 Å². The number of pyridine rings is 1. The van der Waals surface area contributed by atoms with Crippen LogP contribution < -0.4 is 10.6 Å². The fourth-order valence-corrected chi connectivity index (χ4v) is 2.83. The molecule has 2 aromatic carbocycles. The lowest BCUT2D eigenvalue weighted by atomic mass is 10.0. The summed E-state index contributed by atoms with van der Waals surface area (Å²) in [4.78, 5) is 27.2. The zero-order chi connectivity index (χ0) is 24.5. The Kier molecular flexibility index (Phi) is 9.32. The van der Waals surface area contributed by atoms with E-state index in [-0.39, 0.29) is 5.56 Å². The molecule has 1 aromatic heterocycles. The highest BCUT2D eigenvalue weighted by Crippen LogP contribution is 2.26. The second-order valence-corrected chi connectivity index (χ2v) is 7.69. The van der Waals surface area contributed by atoms with Gasteiger partial charge in [0, 0.05) is 41.3 Å². The summed E-state index contributed by atoms with van der Waals surface area (Å²) >= 11 is 0. The Bertz CT molecular complexity index is 1100. The molecule has 33 heavy (non-hydrogen) atoms. The van der Waals surface area contributed by atoms with Crippen molar-refractivity contribution < 1.29 is 23.5 Å². The van der Waals surface area contributed by atoms with Gasteiger partial charge in [0.15, 0.2) is 12.4 Å². The van der Waals surface area contributed by atoms with E-state index in [1.165, 1.54) is 6.20 Å². The molecule has 174 valence electrons. The highest BCUT2D eigenvalue weighted by molar-refractivity contribution is 5.95. The van der Waals surface area contributed by atoms with Gasteiger partial charge in [-0.3, -0.25) is 14.6 Å². The molecule has 8 heteroatoms. The second-order valence-electron chi connectivity index (χ2n) is 7.69. The van der Waals surface area contributed by atoms with Crippen molar-refractivity contribution in [1.29, 1.82) is 0 Å². The number of carbonyl (C=O) groups is 2. The molecule has 0 radical (unpaired) electrons. The SMILES string of the molecule is CNC(C)C.Cc1cc(NC(=O)C(O)c2cc(F)cc(F)c2)ccc1-c1cncc(C=O)c1. The van der Waals surface area contributed by atoms with E-state index >= 15 is 0 Å². The molecular formula is C25H27F2N3O3. The fourth-order valence-electron chi connectivity index (χ4n) is 2.83. The van der Waals surface area contributed by atoms with Gasteiger partial charge in [0.1, 0.15) is 11.6 Å². The maximum Gasteiger partial charge on any atom is 0.257 e. The highest BCUT2D eigenvalue weighted by Gasteiger charge is 2.19. The van der Waals surface area contributed by atoms with Crippen LogP contribution in [-0.4, -0.2) is 35.4 Å². The van der Waals surface area contributed by atoms with Gasteiger partial charge in [0.05, 0.1) is 0 Å². The lowest BCUT2D eigenvalue weighted by Gasteiger charge is -2.14. The molecule has 1 unspecified atom stereocenters. The predicted molar refractivity (Wildman–Crippen MR) is 124 cm³/mol. The number of aldehydes is 1. The van der Waals surface area contributed by atoms with Gasteiger partial charge in [-0.25, -0.2) is 8.78 Å². The van der Waals surface area contributed by atoms with Gasteiger partial charge < -0.3 is 15.7 Å². The van der Waals surface area contributed by atoms with Crippen molar-refractivity contribution in [2.75, 3.05) is 12.4 Å². The van der Waals surface area contributed by atoms with Crippen molar-refractivity contribution in [3.05, 3.63) is 83.2 Å². The van der Waals surface area contributed by atoms with Gasteiger partial charge in [-0.2, -0.15) is 0 Å². The fraction of sp³-hybridized carbons (Fsp3) is 0.240. The first-order valence-electron chi connectivity index (χ1n) is 10.3. The van der Waals surface area contributed by atoms with Gasteiger partial charge in [-0.15, -0.1) is 0 Å². The number of hydrogen-bond acceptors (Lipinski definition) is 5. The average molecular weight is 456 g/mol. The standard InChI is InChI=1S/C21H16F2N2O3.C4H11N/c1-12-4-18(2-3-19(12)15-5-13(11-26)9-24-10-15)25-21(28)20(27)14-6-16(22)8-17(23)7-14;1-4(2)5-3/h2-11,20,27H,1H3,(H,25,28);4-5H,1-3H3. The first-order valence-corrected chi connectivity index (χ1v) is 10.3. The molecular weight excluding hydrogens is 428 g/mol. The summed E-state index contributed by atoms with van der Waals surface area (Å²) in [6.45, 7) is 6.04. The van der Waals surface area contributed by atoms with E-state index < -0.39 is 23.6 Å². The van der Waals surface area contributed by atoms with Gasteiger partial charge in [0.2, 0.25) is 0 Å². The van der Waals surface area contributed by atoms with Crippen molar-refractivity contribution >= 4 is 17.9 Å². The Morgan fingerprint density at radius 3 is 2.24 bits per heavy atom. The molecule has 0 bridgehead atoms. The molecule has 0 spiro atoms. The van der Waals surface area contributed by atoms with Crippen molar-refractivity contribution in [2.24, 2.45) is 0 Å². The second kappa shape index (κ2) is 11.9. The predicted octanol–water partition coefficient (Wildman–Crippen LogP) is 4.43. The molecule has 3 N–H and O–H groups in total. The van der Waals surface area contributed by atoms with Crippen molar-refractivity contribution in [2.45, 2.75) is 32.9 Å². The molecule has 0 fully saturated rings. The number of hydrogen-bond donors (Lipinski definition) is 3. The third-order valence-corrected chi connectivity index (χ3v) is 4.73. The number of nitrogens with zero attached hydrogens (tertiary/aromatic N) is 1. The summed E-state index contributed by atoms with van der Waals surface area (Å²) in [6, 6.07) is 9.82. The summed E-state index contributed by atoms with van der Waals surface area (Å²) in [6.07, 6.45) is 2.06. The van der Waals surface area contributed by atoms with E-state index in [1.54, 1.807) is 30.5 Å². The number of anilines is 1. The topological polar surface area (TPSA) is 91.3 Å². The van der Waals surface area contributed by atoms with E-state index in [1.807, 2.05) is 14.0 Å². The minimum absolute atomic E-state index is 0.180. The molecule has 0 aliphatic rings. The van der Waals surface area contributed by atoms with Crippen LogP contribution in [0.3, 0.4) is 0 Å². The van der Waals surface area contributed by atoms with E-state index in [4.69, 9.17) is 0 Å². The normalized spacial score (nSPS) is 11.4. The molecule has 0 aliphatic carbocycles. The van der Waals surface area contributed by atoms with Gasteiger partial charge >= 0.3 is 0 Å². The third kappa shape index (κ3) is 7.55. The summed E-state index contributed by atoms with van der Waals surface area (Å²) < 4.78 is 26.6. The van der Waals surface area contributed by atoms with Crippen molar-refractivity contribution in [3.8, 4) is 11.1 Å². The number of rotatable bonds is 6. The van der Waals surface area contributed by atoms with E-state index in [2.05, 4.69) is 29.5 Å². The summed E-state index contributed by atoms with van der Waals surface area (Å²) in [5.41, 5.74) is 3.03. The number of aliphatic hydroxyl groups excluding tert-OH is 1. The largest absolute Gasteiger partial charge is 0.378 e. The molecule has 3 aromatic rings. The maximum atomic E-state index is 13.3. The molecule has 1 amide bonds. The molecule has 1 heterocycles. The van der Waals surface area contributed by atoms with E-state index in [0.717, 1.165) is 28.8 Å². The van der Waals surface area contributed by atoms with Crippen LogP contribution >= 0.6 is 0 Å². The highest BCUT2D eigenvalue weighted by atomic mass is 19.1. The van der Waals surface area contributed by atoms with E-state index in [9.17, 15) is 23.5 Å². The molecule has 1 atom stereocenters. The molecule has 3 rings (SSSR count). The van der Waals surface area contributed by atoms with E-state index in [0.29, 0.717) is 29.6 Å². The van der Waals surface area contributed by atoms with Crippen LogP contribution in [0.1, 0.15) is 41.4 Å². The first-order chi connectivity index (χ1) is 15.6. The molecule has 0 aliphatic heterocycles. The first kappa shape index (κ1) is 25.8. The summed E-state index contributed by atoms with van der Waals surface area (Å²) in [5, 5.41) is 15.6. The Morgan fingerprint density at radius 1 is 1.06 bits per heavy atom. The Labute approximate surface area is 191 Å². The Hall–Kier alpha value is -3.49. The minimum Gasteiger partial charge on any atom is -0.378 e. The van der Waals surface area contributed by atoms with Crippen LogP contribution in [-0.2, 0) is 4.79 Å². The number of aryl methyl sites for hydroxylation is 1. The number of amides is 1. The third-order valence-electron chi connectivity index (χ3n) is 4.73. The van der Waals surface area contributed by atoms with Gasteiger partial charge in [-0.1, -0.05) is 19.9 Å². The monoisotopic (exact) mass is 455 g/mol. The van der Waals surface area contributed by atoms with Crippen molar-refractivity contribution in [3.63, 3.8) is 0 Å². The number of halogens is 2. The molecule has 0 saturated carbocycles. The quantitative estimate of drug-likeness (QED) is 0.478. The number of nitrogens with one attached hydrogen (secondary N) is 2. The number of benzene rings is 2. The lowest BCUT2D eigenvalue weighted by molar-refractivity contribution is -0.124. The lowest BCUT2D eigenvalue weighted by Crippen LogP contribution is -2.21. The molecule has 0 saturated heterocycles. The average Bonchev–Trinajstić information content (AvgIpc) is 2.78. The zero-order valence-corrected chi connectivity index (χ0v) is 18.9. The Morgan fingerprint density at radius 2 is 1.70 bits per heavy atom. The van der Waals surface area contributed by atoms with Crippen LogP contribution in [0.2, 0.25) is 0 Å². The summed E-state index contributed by atoms with van der Waals surface area (Å²) in [5.74, 6) is -2.58. The number of aromatic nitrogens is 1. The van der Waals surface area contributed by atoms with Crippen molar-refractivity contribution in [1.82, 2.24) is 10.3 Å². The molecule has 6 nitrogen and oxygen atoms in total. The summed E-state index contributed by atoms with van der Waals surface area (Å²) in [7, 11) is 1.95. The van der Waals surface area contributed by atoms with Crippen LogP contribution in [0.5, 0.6) is 0 Å². The number of aliphatic hydroxyl groups is 1. The Balaban J connectivity index is 0.000000696. The van der Waals surface area contributed by atoms with Gasteiger partial charge in [-0.05, 0) is 61.0 Å². The zero-order valence-electron chi connectivity index (χ0n) is 18.9. The smallest absolute Gasteiger partial charge is 0.257 e. The van der Waals surface area contributed by atoms with Crippen LogP contribution in [0.4, 0.5) is 14.5 Å².